The van der Waals surface area contributed by atoms with Crippen molar-refractivity contribution in [1.29, 1.82) is 0 Å². The van der Waals surface area contributed by atoms with Gasteiger partial charge in [-0.05, 0) is 48.6 Å². The average molecular weight is 394 g/mol. The Kier molecular flexibility index (Phi) is 7.56. The third-order valence-corrected chi connectivity index (χ3v) is 6.00. The number of carbonyl (C=O) groups is 1. The van der Waals surface area contributed by atoms with Crippen molar-refractivity contribution in [3.63, 3.8) is 0 Å². The van der Waals surface area contributed by atoms with Gasteiger partial charge in [0.2, 0.25) is 15.9 Å². The summed E-state index contributed by atoms with van der Waals surface area (Å²) >= 11 is 0. The van der Waals surface area contributed by atoms with Crippen LogP contribution in [0.15, 0.2) is 36.2 Å². The second-order valence-electron chi connectivity index (χ2n) is 7.88. The second-order valence-corrected chi connectivity index (χ2v) is 9.71. The summed E-state index contributed by atoms with van der Waals surface area (Å²) in [5.74, 6) is 1.16. The lowest BCUT2D eigenvalue weighted by Gasteiger charge is -2.37. The standard InChI is InChI=1S/C20H31N3O3S/c1-14(2)19-9-17(15(3)8-18(19)13-23-27(4,25)26)10-20(24)22-12-16-6-5-7-21-11-16/h5-8,11,14,17-19,23H,9-10,12-13H2,1-4H3,(H,22,24). The van der Waals surface area contributed by atoms with Gasteiger partial charge in [-0.2, -0.15) is 0 Å². The van der Waals surface area contributed by atoms with E-state index in [1.165, 1.54) is 11.8 Å². The number of aromatic nitrogens is 1. The van der Waals surface area contributed by atoms with Crippen LogP contribution in [0.5, 0.6) is 0 Å². The van der Waals surface area contributed by atoms with Gasteiger partial charge in [0.1, 0.15) is 0 Å². The zero-order chi connectivity index (χ0) is 20.0. The highest BCUT2D eigenvalue weighted by Crippen LogP contribution is 2.38. The highest BCUT2D eigenvalue weighted by atomic mass is 32.2. The van der Waals surface area contributed by atoms with Crippen molar-refractivity contribution in [1.82, 2.24) is 15.0 Å². The molecule has 0 aliphatic heterocycles. The fourth-order valence-electron chi connectivity index (χ4n) is 3.75. The average Bonchev–Trinajstić information content (AvgIpc) is 2.60. The number of hydrogen-bond donors (Lipinski definition) is 2. The van der Waals surface area contributed by atoms with Crippen LogP contribution in [0.2, 0.25) is 0 Å². The number of hydrogen-bond acceptors (Lipinski definition) is 4. The Balaban J connectivity index is 1.97. The summed E-state index contributed by atoms with van der Waals surface area (Å²) in [5, 5.41) is 2.97. The van der Waals surface area contributed by atoms with Crippen LogP contribution in [0.3, 0.4) is 0 Å². The number of pyridine rings is 1. The smallest absolute Gasteiger partial charge is 0.220 e. The molecule has 7 heteroatoms. The predicted octanol–water partition coefficient (Wildman–Crippen LogP) is 2.49. The van der Waals surface area contributed by atoms with E-state index < -0.39 is 10.0 Å². The molecule has 1 heterocycles. The van der Waals surface area contributed by atoms with Gasteiger partial charge in [0.25, 0.3) is 0 Å². The number of rotatable bonds is 8. The van der Waals surface area contributed by atoms with Crippen molar-refractivity contribution in [3.05, 3.63) is 41.7 Å². The Morgan fingerprint density at radius 3 is 2.70 bits per heavy atom. The predicted molar refractivity (Wildman–Crippen MR) is 107 cm³/mol. The molecule has 0 spiro atoms. The maximum absolute atomic E-state index is 12.4. The van der Waals surface area contributed by atoms with Crippen LogP contribution in [0.25, 0.3) is 0 Å². The van der Waals surface area contributed by atoms with Gasteiger partial charge in [-0.3, -0.25) is 9.78 Å². The van der Waals surface area contributed by atoms with Gasteiger partial charge in [0, 0.05) is 31.9 Å². The third kappa shape index (κ3) is 7.07. The number of sulfonamides is 1. The molecule has 27 heavy (non-hydrogen) atoms. The molecular formula is C20H31N3O3S. The fraction of sp³-hybridized carbons (Fsp3) is 0.600. The van der Waals surface area contributed by atoms with E-state index >= 15 is 0 Å². The van der Waals surface area contributed by atoms with E-state index in [9.17, 15) is 13.2 Å². The molecule has 3 unspecified atom stereocenters. The molecule has 0 fully saturated rings. The molecule has 0 aromatic carbocycles. The molecule has 0 saturated carbocycles. The highest BCUT2D eigenvalue weighted by Gasteiger charge is 2.32. The van der Waals surface area contributed by atoms with Crippen molar-refractivity contribution in [3.8, 4) is 0 Å². The van der Waals surface area contributed by atoms with Crippen molar-refractivity contribution in [2.45, 2.75) is 40.2 Å². The number of carbonyl (C=O) groups excluding carboxylic acids is 1. The van der Waals surface area contributed by atoms with Crippen LogP contribution < -0.4 is 10.0 Å². The van der Waals surface area contributed by atoms with Crippen LogP contribution >= 0.6 is 0 Å². The van der Waals surface area contributed by atoms with Crippen LogP contribution in [0.1, 0.15) is 39.2 Å². The summed E-state index contributed by atoms with van der Waals surface area (Å²) in [6.07, 6.45) is 8.16. The maximum atomic E-state index is 12.4. The van der Waals surface area contributed by atoms with Crippen LogP contribution in [-0.2, 0) is 21.4 Å². The van der Waals surface area contributed by atoms with E-state index in [0.29, 0.717) is 31.3 Å². The highest BCUT2D eigenvalue weighted by molar-refractivity contribution is 7.88. The Labute approximate surface area is 162 Å². The molecule has 6 nitrogen and oxygen atoms in total. The lowest BCUT2D eigenvalue weighted by molar-refractivity contribution is -0.122. The minimum absolute atomic E-state index is 0.0341. The summed E-state index contributed by atoms with van der Waals surface area (Å²) in [6.45, 7) is 7.26. The van der Waals surface area contributed by atoms with Gasteiger partial charge in [-0.25, -0.2) is 13.1 Å². The molecule has 1 aromatic heterocycles. The van der Waals surface area contributed by atoms with Crippen LogP contribution in [0.4, 0.5) is 0 Å². The number of allylic oxidation sites excluding steroid dienone is 1. The fourth-order valence-corrected chi connectivity index (χ4v) is 4.25. The van der Waals surface area contributed by atoms with E-state index in [4.69, 9.17) is 0 Å². The van der Waals surface area contributed by atoms with Crippen LogP contribution in [-0.4, -0.2) is 32.1 Å². The van der Waals surface area contributed by atoms with E-state index in [-0.39, 0.29) is 17.7 Å². The molecule has 1 aliphatic carbocycles. The van der Waals surface area contributed by atoms with E-state index in [2.05, 4.69) is 34.9 Å². The number of amides is 1. The zero-order valence-corrected chi connectivity index (χ0v) is 17.4. The summed E-state index contributed by atoms with van der Waals surface area (Å²) in [7, 11) is -3.20. The topological polar surface area (TPSA) is 88.2 Å². The van der Waals surface area contributed by atoms with E-state index in [1.807, 2.05) is 19.1 Å². The second kappa shape index (κ2) is 9.46. The number of nitrogens with one attached hydrogen (secondary N) is 2. The molecule has 150 valence electrons. The lowest BCUT2D eigenvalue weighted by atomic mass is 9.70. The molecule has 0 bridgehead atoms. The molecule has 0 radical (unpaired) electrons. The lowest BCUT2D eigenvalue weighted by Crippen LogP contribution is -2.37. The van der Waals surface area contributed by atoms with Gasteiger partial charge < -0.3 is 5.32 Å². The van der Waals surface area contributed by atoms with Crippen molar-refractivity contribution >= 4 is 15.9 Å². The normalized spacial score (nSPS) is 23.1. The Hall–Kier alpha value is -1.73. The molecule has 0 saturated heterocycles. The first-order valence-corrected chi connectivity index (χ1v) is 11.3. The summed E-state index contributed by atoms with van der Waals surface area (Å²) < 4.78 is 25.5. The monoisotopic (exact) mass is 393 g/mol. The molecule has 3 atom stereocenters. The molecule has 2 rings (SSSR count). The first kappa shape index (κ1) is 21.6. The molecule has 1 amide bonds. The molecule has 1 aliphatic rings. The van der Waals surface area contributed by atoms with E-state index in [0.717, 1.165) is 12.0 Å². The maximum Gasteiger partial charge on any atom is 0.220 e. The largest absolute Gasteiger partial charge is 0.352 e. The van der Waals surface area contributed by atoms with Gasteiger partial charge >= 0.3 is 0 Å². The minimum atomic E-state index is -3.20. The third-order valence-electron chi connectivity index (χ3n) is 5.31. The first-order chi connectivity index (χ1) is 12.7. The van der Waals surface area contributed by atoms with Crippen molar-refractivity contribution in [2.24, 2.45) is 23.7 Å². The summed E-state index contributed by atoms with van der Waals surface area (Å²) in [6, 6.07) is 3.79. The first-order valence-electron chi connectivity index (χ1n) is 9.44. The van der Waals surface area contributed by atoms with Crippen LogP contribution in [0, 0.1) is 23.7 Å². The van der Waals surface area contributed by atoms with Gasteiger partial charge in [0.15, 0.2) is 0 Å². The van der Waals surface area contributed by atoms with Gasteiger partial charge in [0.05, 0.1) is 6.26 Å². The summed E-state index contributed by atoms with van der Waals surface area (Å²) in [5.41, 5.74) is 2.15. The Morgan fingerprint density at radius 2 is 2.11 bits per heavy atom. The Bertz CT molecular complexity index is 760. The van der Waals surface area contributed by atoms with Crippen molar-refractivity contribution < 1.29 is 13.2 Å². The SMILES string of the molecule is CC1=CC(CNS(C)(=O)=O)C(C(C)C)CC1CC(=O)NCc1cccnc1. The van der Waals surface area contributed by atoms with Crippen molar-refractivity contribution in [2.75, 3.05) is 12.8 Å². The zero-order valence-electron chi connectivity index (χ0n) is 16.6. The minimum Gasteiger partial charge on any atom is -0.352 e. The number of nitrogens with zero attached hydrogens (tertiary/aromatic N) is 1. The quantitative estimate of drug-likeness (QED) is 0.664. The van der Waals surface area contributed by atoms with Gasteiger partial charge in [-0.1, -0.05) is 31.6 Å². The van der Waals surface area contributed by atoms with Gasteiger partial charge in [-0.15, -0.1) is 0 Å². The molecule has 2 N–H and O–H groups in total. The van der Waals surface area contributed by atoms with E-state index in [1.54, 1.807) is 12.4 Å². The Morgan fingerprint density at radius 1 is 1.37 bits per heavy atom. The molecule has 1 aromatic rings. The molecular weight excluding hydrogens is 362 g/mol. The summed E-state index contributed by atoms with van der Waals surface area (Å²) in [4.78, 5) is 16.4.